The van der Waals surface area contributed by atoms with Crippen LogP contribution in [-0.2, 0) is 4.74 Å². The molecule has 3 rings (SSSR count). The second-order valence-electron chi connectivity index (χ2n) is 5.75. The molecule has 0 unspecified atom stereocenters. The highest BCUT2D eigenvalue weighted by Crippen LogP contribution is 2.24. The van der Waals surface area contributed by atoms with Crippen molar-refractivity contribution in [1.29, 1.82) is 0 Å². The van der Waals surface area contributed by atoms with Crippen LogP contribution in [0.1, 0.15) is 10.4 Å². The first-order valence-corrected chi connectivity index (χ1v) is 8.63. The van der Waals surface area contributed by atoms with Gasteiger partial charge in [0.1, 0.15) is 5.69 Å². The lowest BCUT2D eigenvalue weighted by atomic mass is 10.2. The Bertz CT molecular complexity index is 764. The number of ether oxygens (including phenoxy) is 1. The number of aromatic nitrogens is 3. The van der Waals surface area contributed by atoms with Crippen molar-refractivity contribution < 1.29 is 9.53 Å². The molecule has 1 amide bonds. The van der Waals surface area contributed by atoms with E-state index in [1.807, 2.05) is 19.0 Å². The Morgan fingerprint density at radius 1 is 1.28 bits per heavy atom. The molecule has 0 bridgehead atoms. The number of morpholine rings is 1. The fourth-order valence-corrected chi connectivity index (χ4v) is 2.80. The van der Waals surface area contributed by atoms with Gasteiger partial charge in [-0.25, -0.2) is 4.98 Å². The molecule has 3 heterocycles. The number of anilines is 3. The second-order valence-corrected chi connectivity index (χ2v) is 6.66. The summed E-state index contributed by atoms with van der Waals surface area (Å²) in [6.45, 7) is 2.83. The van der Waals surface area contributed by atoms with Crippen LogP contribution >= 0.6 is 15.9 Å². The van der Waals surface area contributed by atoms with Crippen LogP contribution in [0.15, 0.2) is 29.1 Å². The standard InChI is InChI=1S/C16H19BrN6O2/c1-22(2)14-13(20-15(24)11-7-12(17)9-18-8-11)10-19-16(21-14)23-3-5-25-6-4-23/h7-10H,3-6H2,1-2H3,(H,20,24). The summed E-state index contributed by atoms with van der Waals surface area (Å²) in [5, 5.41) is 2.86. The van der Waals surface area contributed by atoms with Crippen molar-refractivity contribution in [2.24, 2.45) is 0 Å². The van der Waals surface area contributed by atoms with Gasteiger partial charge in [0.05, 0.1) is 25.0 Å². The molecule has 0 saturated carbocycles. The van der Waals surface area contributed by atoms with E-state index in [9.17, 15) is 4.79 Å². The highest BCUT2D eigenvalue weighted by atomic mass is 79.9. The molecule has 0 radical (unpaired) electrons. The van der Waals surface area contributed by atoms with Crippen molar-refractivity contribution in [3.63, 3.8) is 0 Å². The molecular formula is C16H19BrN6O2. The van der Waals surface area contributed by atoms with Crippen molar-refractivity contribution in [2.45, 2.75) is 0 Å². The summed E-state index contributed by atoms with van der Waals surface area (Å²) in [7, 11) is 3.75. The maximum Gasteiger partial charge on any atom is 0.257 e. The number of halogens is 1. The summed E-state index contributed by atoms with van der Waals surface area (Å²) in [6, 6.07) is 1.71. The summed E-state index contributed by atoms with van der Waals surface area (Å²) in [5.41, 5.74) is 1.00. The van der Waals surface area contributed by atoms with Gasteiger partial charge in [-0.05, 0) is 22.0 Å². The summed E-state index contributed by atoms with van der Waals surface area (Å²) in [5.74, 6) is 1.02. The average Bonchev–Trinajstić information content (AvgIpc) is 2.62. The van der Waals surface area contributed by atoms with E-state index in [0.29, 0.717) is 36.2 Å². The Balaban J connectivity index is 1.84. The van der Waals surface area contributed by atoms with E-state index in [0.717, 1.165) is 17.6 Å². The third-order valence-corrected chi connectivity index (χ3v) is 4.12. The molecule has 1 N–H and O–H groups in total. The Morgan fingerprint density at radius 2 is 2.04 bits per heavy atom. The minimum Gasteiger partial charge on any atom is -0.378 e. The molecule has 2 aromatic heterocycles. The van der Waals surface area contributed by atoms with Crippen molar-refractivity contribution in [3.05, 3.63) is 34.7 Å². The Hall–Kier alpha value is -2.26. The van der Waals surface area contributed by atoms with Crippen molar-refractivity contribution >= 4 is 39.3 Å². The predicted molar refractivity (Wildman–Crippen MR) is 99.3 cm³/mol. The smallest absolute Gasteiger partial charge is 0.257 e. The van der Waals surface area contributed by atoms with E-state index in [1.54, 1.807) is 18.5 Å². The maximum absolute atomic E-state index is 12.5. The third-order valence-electron chi connectivity index (χ3n) is 3.69. The Labute approximate surface area is 154 Å². The number of hydrogen-bond acceptors (Lipinski definition) is 7. The number of carbonyl (C=O) groups is 1. The molecule has 2 aromatic rings. The Kier molecular flexibility index (Phi) is 5.44. The molecular weight excluding hydrogens is 388 g/mol. The first-order valence-electron chi connectivity index (χ1n) is 7.83. The minimum absolute atomic E-state index is 0.264. The first kappa shape index (κ1) is 17.6. The van der Waals surface area contributed by atoms with Crippen LogP contribution in [-0.4, -0.2) is 61.3 Å². The van der Waals surface area contributed by atoms with E-state index in [4.69, 9.17) is 4.74 Å². The molecule has 1 saturated heterocycles. The third kappa shape index (κ3) is 4.23. The number of pyridine rings is 1. The summed E-state index contributed by atoms with van der Waals surface area (Å²) < 4.78 is 6.10. The van der Waals surface area contributed by atoms with Gasteiger partial charge in [0.15, 0.2) is 5.82 Å². The zero-order chi connectivity index (χ0) is 17.8. The minimum atomic E-state index is -0.264. The molecule has 0 aliphatic carbocycles. The SMILES string of the molecule is CN(C)c1nc(N2CCOCC2)ncc1NC(=O)c1cncc(Br)c1. The predicted octanol–water partition coefficient (Wildman–Crippen LogP) is 1.79. The van der Waals surface area contributed by atoms with Gasteiger partial charge in [0.25, 0.3) is 5.91 Å². The van der Waals surface area contributed by atoms with Gasteiger partial charge in [-0.2, -0.15) is 4.98 Å². The first-order chi connectivity index (χ1) is 12.0. The van der Waals surface area contributed by atoms with Crippen LogP contribution < -0.4 is 15.1 Å². The van der Waals surface area contributed by atoms with Gasteiger partial charge in [-0.3, -0.25) is 9.78 Å². The number of nitrogens with one attached hydrogen (secondary N) is 1. The molecule has 9 heteroatoms. The van der Waals surface area contributed by atoms with Crippen molar-refractivity contribution in [3.8, 4) is 0 Å². The van der Waals surface area contributed by atoms with Crippen LogP contribution in [0.3, 0.4) is 0 Å². The molecule has 8 nitrogen and oxygen atoms in total. The number of hydrogen-bond donors (Lipinski definition) is 1. The highest BCUT2D eigenvalue weighted by Gasteiger charge is 2.18. The normalized spacial score (nSPS) is 14.3. The summed E-state index contributed by atoms with van der Waals surface area (Å²) >= 11 is 3.32. The van der Waals surface area contributed by atoms with Crippen molar-refractivity contribution in [2.75, 3.05) is 55.5 Å². The van der Waals surface area contributed by atoms with E-state index in [2.05, 4.69) is 41.1 Å². The molecule has 0 aromatic carbocycles. The second kappa shape index (κ2) is 7.75. The monoisotopic (exact) mass is 406 g/mol. The number of carbonyl (C=O) groups excluding carboxylic acids is 1. The molecule has 0 atom stereocenters. The lowest BCUT2D eigenvalue weighted by molar-refractivity contribution is 0.102. The van der Waals surface area contributed by atoms with E-state index >= 15 is 0 Å². The van der Waals surface area contributed by atoms with Crippen LogP contribution in [0.4, 0.5) is 17.5 Å². The summed E-state index contributed by atoms with van der Waals surface area (Å²) in [6.07, 6.45) is 4.77. The largest absolute Gasteiger partial charge is 0.378 e. The zero-order valence-electron chi connectivity index (χ0n) is 14.1. The van der Waals surface area contributed by atoms with Gasteiger partial charge in [-0.15, -0.1) is 0 Å². The molecule has 25 heavy (non-hydrogen) atoms. The number of amides is 1. The van der Waals surface area contributed by atoms with Crippen LogP contribution in [0.5, 0.6) is 0 Å². The highest BCUT2D eigenvalue weighted by molar-refractivity contribution is 9.10. The fourth-order valence-electron chi connectivity index (χ4n) is 2.44. The van der Waals surface area contributed by atoms with Crippen LogP contribution in [0.2, 0.25) is 0 Å². The van der Waals surface area contributed by atoms with Crippen LogP contribution in [0.25, 0.3) is 0 Å². The number of nitrogens with zero attached hydrogens (tertiary/aromatic N) is 5. The van der Waals surface area contributed by atoms with E-state index < -0.39 is 0 Å². The van der Waals surface area contributed by atoms with E-state index in [-0.39, 0.29) is 5.91 Å². The van der Waals surface area contributed by atoms with Gasteiger partial charge >= 0.3 is 0 Å². The molecule has 1 fully saturated rings. The van der Waals surface area contributed by atoms with Crippen molar-refractivity contribution in [1.82, 2.24) is 15.0 Å². The fraction of sp³-hybridized carbons (Fsp3) is 0.375. The van der Waals surface area contributed by atoms with Crippen LogP contribution in [0, 0.1) is 0 Å². The van der Waals surface area contributed by atoms with Gasteiger partial charge in [-0.1, -0.05) is 0 Å². The van der Waals surface area contributed by atoms with Gasteiger partial charge in [0, 0.05) is 44.1 Å². The molecule has 132 valence electrons. The Morgan fingerprint density at radius 3 is 2.72 bits per heavy atom. The number of rotatable bonds is 4. The molecule has 0 spiro atoms. The maximum atomic E-state index is 12.5. The van der Waals surface area contributed by atoms with Gasteiger partial charge < -0.3 is 19.9 Å². The lowest BCUT2D eigenvalue weighted by Gasteiger charge is -2.28. The molecule has 1 aliphatic heterocycles. The quantitative estimate of drug-likeness (QED) is 0.828. The lowest BCUT2D eigenvalue weighted by Crippen LogP contribution is -2.37. The summed E-state index contributed by atoms with van der Waals surface area (Å²) in [4.78, 5) is 29.4. The average molecular weight is 407 g/mol. The van der Waals surface area contributed by atoms with E-state index in [1.165, 1.54) is 6.20 Å². The molecule has 1 aliphatic rings. The topological polar surface area (TPSA) is 83.5 Å². The van der Waals surface area contributed by atoms with Gasteiger partial charge in [0.2, 0.25) is 5.95 Å². The zero-order valence-corrected chi connectivity index (χ0v) is 15.7.